The molecule has 0 aliphatic carbocycles. The second kappa shape index (κ2) is 9.17. The molecule has 34 heavy (non-hydrogen) atoms. The molecule has 7 nitrogen and oxygen atoms in total. The van der Waals surface area contributed by atoms with Crippen LogP contribution in [0.15, 0.2) is 36.5 Å². The number of rotatable bonds is 8. The van der Waals surface area contributed by atoms with Crippen molar-refractivity contribution in [2.45, 2.75) is 44.1 Å². The fourth-order valence-corrected chi connectivity index (χ4v) is 5.27. The number of nitrogens with one attached hydrogen (secondary N) is 2. The van der Waals surface area contributed by atoms with Crippen LogP contribution in [0.1, 0.15) is 36.6 Å². The zero-order chi connectivity index (χ0) is 23.9. The van der Waals surface area contributed by atoms with Crippen molar-refractivity contribution < 1.29 is 18.6 Å². The fraction of sp³-hybridized carbons (Fsp3) is 0.500. The van der Waals surface area contributed by atoms with Crippen LogP contribution in [0.25, 0.3) is 10.9 Å². The van der Waals surface area contributed by atoms with Gasteiger partial charge >= 0.3 is 0 Å². The summed E-state index contributed by atoms with van der Waals surface area (Å²) in [5.41, 5.74) is 2.90. The number of H-pyrrole nitrogens is 1. The van der Waals surface area contributed by atoms with E-state index in [-0.39, 0.29) is 31.3 Å². The minimum Gasteiger partial charge on any atom is -0.496 e. The van der Waals surface area contributed by atoms with Gasteiger partial charge in [-0.2, -0.15) is 5.10 Å². The Morgan fingerprint density at radius 1 is 1.18 bits per heavy atom. The van der Waals surface area contributed by atoms with Crippen LogP contribution in [0.3, 0.4) is 0 Å². The van der Waals surface area contributed by atoms with Crippen LogP contribution >= 0.6 is 0 Å². The SMILES string of the molecule is COCC(C)(F)CN1C(c2ccc(OC3CNC3)cc2OC)c2ccc3[nH]ncc3c2C[C@H]1C. The Labute approximate surface area is 199 Å². The second-order valence-corrected chi connectivity index (χ2v) is 9.74. The minimum atomic E-state index is -1.49. The molecule has 5 rings (SSSR count). The standard InChI is InChI=1S/C26H33FN4O3/c1-16-9-21-19(7-8-23-22(21)13-29-30-23)25(31(16)14-26(2,27)15-32-3)20-6-5-17(10-24(20)33-4)34-18-11-28-12-18/h5-8,10,13,16,18,25,28H,9,11-12,14-15H2,1-4H3,(H,29,30)/t16-,25?,26?/m1/s1. The maximum Gasteiger partial charge on any atom is 0.144 e. The van der Waals surface area contributed by atoms with Gasteiger partial charge in [-0.1, -0.05) is 6.07 Å². The molecule has 2 aliphatic heterocycles. The van der Waals surface area contributed by atoms with E-state index in [1.165, 1.54) is 5.56 Å². The Bertz CT molecular complexity index is 1160. The van der Waals surface area contributed by atoms with Gasteiger partial charge in [0.15, 0.2) is 0 Å². The maximum atomic E-state index is 15.5. The molecule has 8 heteroatoms. The Balaban J connectivity index is 1.61. The van der Waals surface area contributed by atoms with E-state index in [0.29, 0.717) is 0 Å². The molecule has 2 aliphatic rings. The predicted molar refractivity (Wildman–Crippen MR) is 129 cm³/mol. The highest BCUT2D eigenvalue weighted by atomic mass is 19.1. The van der Waals surface area contributed by atoms with Crippen LogP contribution in [0.4, 0.5) is 4.39 Å². The molecule has 0 amide bonds. The van der Waals surface area contributed by atoms with Gasteiger partial charge in [0.05, 0.1) is 31.5 Å². The quantitative estimate of drug-likeness (QED) is 0.526. The number of methoxy groups -OCH3 is 2. The lowest BCUT2D eigenvalue weighted by Crippen LogP contribution is -2.50. The van der Waals surface area contributed by atoms with Crippen LogP contribution in [-0.2, 0) is 11.2 Å². The average Bonchev–Trinajstić information content (AvgIpc) is 3.26. The van der Waals surface area contributed by atoms with Gasteiger partial charge in [-0.05, 0) is 49.6 Å². The molecule has 3 atom stereocenters. The fourth-order valence-electron chi connectivity index (χ4n) is 5.27. The third-order valence-corrected chi connectivity index (χ3v) is 6.97. The number of hydrogen-bond acceptors (Lipinski definition) is 6. The molecule has 182 valence electrons. The summed E-state index contributed by atoms with van der Waals surface area (Å²) in [7, 11) is 3.22. The van der Waals surface area contributed by atoms with Crippen molar-refractivity contribution in [3.63, 3.8) is 0 Å². The zero-order valence-corrected chi connectivity index (χ0v) is 20.2. The molecule has 0 saturated carbocycles. The molecule has 0 bridgehead atoms. The smallest absolute Gasteiger partial charge is 0.144 e. The normalized spacial score (nSPS) is 22.7. The Morgan fingerprint density at radius 2 is 1.97 bits per heavy atom. The molecular weight excluding hydrogens is 435 g/mol. The number of ether oxygens (including phenoxy) is 3. The molecule has 3 aromatic rings. The average molecular weight is 469 g/mol. The highest BCUT2D eigenvalue weighted by Gasteiger charge is 2.40. The monoisotopic (exact) mass is 468 g/mol. The number of halogens is 1. The van der Waals surface area contributed by atoms with E-state index in [4.69, 9.17) is 14.2 Å². The Hall–Kier alpha value is -2.68. The Kier molecular flexibility index (Phi) is 6.22. The highest BCUT2D eigenvalue weighted by Crippen LogP contribution is 2.45. The summed E-state index contributed by atoms with van der Waals surface area (Å²) in [6.45, 7) is 5.74. The number of alkyl halides is 1. The van der Waals surface area contributed by atoms with E-state index < -0.39 is 5.67 Å². The minimum absolute atomic E-state index is 0.0376. The van der Waals surface area contributed by atoms with E-state index in [9.17, 15) is 0 Å². The highest BCUT2D eigenvalue weighted by molar-refractivity contribution is 5.83. The molecule has 1 saturated heterocycles. The van der Waals surface area contributed by atoms with Gasteiger partial charge in [0.1, 0.15) is 23.3 Å². The summed E-state index contributed by atoms with van der Waals surface area (Å²) in [6, 6.07) is 10.1. The summed E-state index contributed by atoms with van der Waals surface area (Å²) in [5.74, 6) is 1.52. The summed E-state index contributed by atoms with van der Waals surface area (Å²) in [5, 5.41) is 11.7. The molecule has 1 fully saturated rings. The molecule has 2 N–H and O–H groups in total. The van der Waals surface area contributed by atoms with E-state index in [0.717, 1.165) is 53.0 Å². The van der Waals surface area contributed by atoms with E-state index in [2.05, 4.69) is 45.5 Å². The summed E-state index contributed by atoms with van der Waals surface area (Å²) in [6.07, 6.45) is 2.88. The van der Waals surface area contributed by atoms with Gasteiger partial charge in [-0.15, -0.1) is 0 Å². The summed E-state index contributed by atoms with van der Waals surface area (Å²) >= 11 is 0. The molecule has 0 radical (unpaired) electrons. The van der Waals surface area contributed by atoms with Crippen LogP contribution in [0.5, 0.6) is 11.5 Å². The molecule has 0 spiro atoms. The van der Waals surface area contributed by atoms with Crippen LogP contribution < -0.4 is 14.8 Å². The van der Waals surface area contributed by atoms with Crippen molar-refractivity contribution in [1.82, 2.24) is 20.4 Å². The lowest BCUT2D eigenvalue weighted by Gasteiger charge is -2.45. The van der Waals surface area contributed by atoms with Crippen LogP contribution in [-0.4, -0.2) is 73.4 Å². The molecule has 2 aromatic carbocycles. The second-order valence-electron chi connectivity index (χ2n) is 9.74. The van der Waals surface area contributed by atoms with Gasteiger partial charge in [-0.3, -0.25) is 10.00 Å². The van der Waals surface area contributed by atoms with Gasteiger partial charge in [-0.25, -0.2) is 4.39 Å². The third kappa shape index (κ3) is 4.26. The van der Waals surface area contributed by atoms with Crippen molar-refractivity contribution in [3.05, 3.63) is 53.2 Å². The zero-order valence-electron chi connectivity index (χ0n) is 20.2. The summed E-state index contributed by atoms with van der Waals surface area (Å²) < 4.78 is 32.6. The van der Waals surface area contributed by atoms with Crippen molar-refractivity contribution in [1.29, 1.82) is 0 Å². The van der Waals surface area contributed by atoms with Gasteiger partial charge < -0.3 is 19.5 Å². The number of fused-ring (bicyclic) bond motifs is 3. The van der Waals surface area contributed by atoms with Crippen LogP contribution in [0, 0.1) is 0 Å². The lowest BCUT2D eigenvalue weighted by atomic mass is 9.82. The first kappa shape index (κ1) is 23.1. The molecule has 2 unspecified atom stereocenters. The number of hydrogen-bond donors (Lipinski definition) is 2. The molecule has 3 heterocycles. The van der Waals surface area contributed by atoms with Gasteiger partial charge in [0.25, 0.3) is 0 Å². The number of nitrogens with zero attached hydrogens (tertiary/aromatic N) is 2. The van der Waals surface area contributed by atoms with E-state index >= 15 is 4.39 Å². The largest absolute Gasteiger partial charge is 0.496 e. The van der Waals surface area contributed by atoms with Crippen molar-refractivity contribution in [2.24, 2.45) is 0 Å². The van der Waals surface area contributed by atoms with E-state index in [1.807, 2.05) is 18.3 Å². The summed E-state index contributed by atoms with van der Waals surface area (Å²) in [4.78, 5) is 2.24. The number of aromatic nitrogens is 2. The van der Waals surface area contributed by atoms with Crippen molar-refractivity contribution in [2.75, 3.05) is 40.5 Å². The van der Waals surface area contributed by atoms with Gasteiger partial charge in [0, 0.05) is 49.8 Å². The van der Waals surface area contributed by atoms with E-state index in [1.54, 1.807) is 21.1 Å². The predicted octanol–water partition coefficient (Wildman–Crippen LogP) is 3.63. The topological polar surface area (TPSA) is 71.6 Å². The maximum absolute atomic E-state index is 15.5. The van der Waals surface area contributed by atoms with Gasteiger partial charge in [0.2, 0.25) is 0 Å². The van der Waals surface area contributed by atoms with Crippen molar-refractivity contribution in [3.8, 4) is 11.5 Å². The lowest BCUT2D eigenvalue weighted by molar-refractivity contribution is 0.00205. The first-order valence-electron chi connectivity index (χ1n) is 11.8. The molecule has 1 aromatic heterocycles. The first-order valence-corrected chi connectivity index (χ1v) is 11.8. The third-order valence-electron chi connectivity index (χ3n) is 6.97. The number of aromatic amines is 1. The van der Waals surface area contributed by atoms with Crippen LogP contribution in [0.2, 0.25) is 0 Å². The molecular formula is C26H33FN4O3. The Morgan fingerprint density at radius 3 is 2.68 bits per heavy atom. The van der Waals surface area contributed by atoms with Crippen molar-refractivity contribution >= 4 is 10.9 Å². The number of benzene rings is 2. The first-order chi connectivity index (χ1) is 16.4.